The van der Waals surface area contributed by atoms with Gasteiger partial charge in [-0.25, -0.2) is 13.1 Å². The zero-order chi connectivity index (χ0) is 16.3. The normalized spacial score (nSPS) is 18.2. The largest absolute Gasteiger partial charge is 0.378 e. The average Bonchev–Trinajstić information content (AvgIpc) is 3.05. The quantitative estimate of drug-likeness (QED) is 0.913. The lowest BCUT2D eigenvalue weighted by Crippen LogP contribution is -2.31. The van der Waals surface area contributed by atoms with E-state index in [4.69, 9.17) is 4.74 Å². The molecule has 5 nitrogen and oxygen atoms in total. The fourth-order valence-electron chi connectivity index (χ4n) is 2.76. The highest BCUT2D eigenvalue weighted by molar-refractivity contribution is 7.90. The molecule has 1 aliphatic rings. The van der Waals surface area contributed by atoms with Crippen LogP contribution in [0.25, 0.3) is 10.8 Å². The molecule has 2 aromatic rings. The monoisotopic (exact) mass is 333 g/mol. The molecule has 2 aromatic carbocycles. The van der Waals surface area contributed by atoms with Crippen molar-refractivity contribution in [2.24, 2.45) is 0 Å². The standard InChI is InChI=1S/C17H19NO4S/c19-17(10-8-15-6-3-11-22-15)18-23(20,21)16-9-7-13-4-1-2-5-14(13)12-16/h1-2,4-5,7,9,12,15H,3,6,8,10-11H2,(H,18,19). The molecule has 0 aliphatic carbocycles. The topological polar surface area (TPSA) is 72.5 Å². The van der Waals surface area contributed by atoms with Crippen LogP contribution in [-0.4, -0.2) is 27.0 Å². The number of sulfonamides is 1. The Kier molecular flexibility index (Phi) is 4.63. The predicted octanol–water partition coefficient (Wildman–Crippen LogP) is 2.60. The highest BCUT2D eigenvalue weighted by Gasteiger charge is 2.20. The summed E-state index contributed by atoms with van der Waals surface area (Å²) in [5, 5.41) is 1.78. The van der Waals surface area contributed by atoms with Gasteiger partial charge >= 0.3 is 0 Å². The molecule has 1 saturated heterocycles. The minimum Gasteiger partial charge on any atom is -0.378 e. The molecule has 1 unspecified atom stereocenters. The smallest absolute Gasteiger partial charge is 0.264 e. The van der Waals surface area contributed by atoms with E-state index in [1.165, 1.54) is 6.07 Å². The van der Waals surface area contributed by atoms with Crippen molar-refractivity contribution in [1.82, 2.24) is 4.72 Å². The van der Waals surface area contributed by atoms with Gasteiger partial charge in [0.15, 0.2) is 0 Å². The van der Waals surface area contributed by atoms with Crippen molar-refractivity contribution in [3.05, 3.63) is 42.5 Å². The first kappa shape index (κ1) is 16.0. The van der Waals surface area contributed by atoms with Gasteiger partial charge in [-0.1, -0.05) is 30.3 Å². The van der Waals surface area contributed by atoms with Gasteiger partial charge in [0.2, 0.25) is 5.91 Å². The highest BCUT2D eigenvalue weighted by Crippen LogP contribution is 2.20. The summed E-state index contributed by atoms with van der Waals surface area (Å²) < 4.78 is 32.2. The van der Waals surface area contributed by atoms with E-state index < -0.39 is 15.9 Å². The van der Waals surface area contributed by atoms with Gasteiger partial charge in [0.1, 0.15) is 0 Å². The van der Waals surface area contributed by atoms with Gasteiger partial charge < -0.3 is 4.74 Å². The fraction of sp³-hybridized carbons (Fsp3) is 0.353. The Morgan fingerprint density at radius 1 is 1.17 bits per heavy atom. The summed E-state index contributed by atoms with van der Waals surface area (Å²) in [6.07, 6.45) is 2.72. The molecule has 1 atom stereocenters. The molecule has 0 spiro atoms. The Hall–Kier alpha value is -1.92. The van der Waals surface area contributed by atoms with Crippen LogP contribution >= 0.6 is 0 Å². The van der Waals surface area contributed by atoms with Crippen molar-refractivity contribution >= 4 is 26.7 Å². The molecule has 3 rings (SSSR count). The molecule has 122 valence electrons. The Balaban J connectivity index is 1.68. The van der Waals surface area contributed by atoms with Crippen LogP contribution in [0.4, 0.5) is 0 Å². The fourth-order valence-corrected chi connectivity index (χ4v) is 3.81. The lowest BCUT2D eigenvalue weighted by Gasteiger charge is -2.10. The molecular formula is C17H19NO4S. The highest BCUT2D eigenvalue weighted by atomic mass is 32.2. The zero-order valence-corrected chi connectivity index (χ0v) is 13.5. The maximum Gasteiger partial charge on any atom is 0.264 e. The molecular weight excluding hydrogens is 314 g/mol. The number of hydrogen-bond donors (Lipinski definition) is 1. The maximum atomic E-state index is 12.3. The zero-order valence-electron chi connectivity index (χ0n) is 12.7. The van der Waals surface area contributed by atoms with E-state index >= 15 is 0 Å². The number of carbonyl (C=O) groups excluding carboxylic acids is 1. The summed E-state index contributed by atoms with van der Waals surface area (Å²) >= 11 is 0. The molecule has 23 heavy (non-hydrogen) atoms. The van der Waals surface area contributed by atoms with Gasteiger partial charge in [-0.15, -0.1) is 0 Å². The van der Waals surface area contributed by atoms with E-state index in [1.54, 1.807) is 12.1 Å². The Morgan fingerprint density at radius 2 is 1.96 bits per heavy atom. The number of rotatable bonds is 5. The van der Waals surface area contributed by atoms with Crippen LogP contribution in [-0.2, 0) is 19.6 Å². The SMILES string of the molecule is O=C(CCC1CCCO1)NS(=O)(=O)c1ccc2ccccc2c1. The summed E-state index contributed by atoms with van der Waals surface area (Å²) in [5.74, 6) is -0.492. The van der Waals surface area contributed by atoms with Crippen molar-refractivity contribution < 1.29 is 17.9 Å². The van der Waals surface area contributed by atoms with Crippen LogP contribution in [0.2, 0.25) is 0 Å². The van der Waals surface area contributed by atoms with Crippen LogP contribution < -0.4 is 4.72 Å². The molecule has 0 bridgehead atoms. The summed E-state index contributed by atoms with van der Waals surface area (Å²) in [6.45, 7) is 0.724. The summed E-state index contributed by atoms with van der Waals surface area (Å²) in [7, 11) is -3.84. The van der Waals surface area contributed by atoms with E-state index in [0.29, 0.717) is 6.42 Å². The Bertz CT molecular complexity index is 810. The minimum atomic E-state index is -3.84. The second kappa shape index (κ2) is 6.68. The molecule has 1 heterocycles. The van der Waals surface area contributed by atoms with E-state index in [0.717, 1.165) is 30.2 Å². The predicted molar refractivity (Wildman–Crippen MR) is 87.5 cm³/mol. The second-order valence-electron chi connectivity index (χ2n) is 5.71. The van der Waals surface area contributed by atoms with Gasteiger partial charge in [-0.05, 0) is 42.2 Å². The molecule has 1 amide bonds. The van der Waals surface area contributed by atoms with Gasteiger partial charge in [-0.3, -0.25) is 4.79 Å². The van der Waals surface area contributed by atoms with Crippen LogP contribution in [0.5, 0.6) is 0 Å². The first-order valence-corrected chi connectivity index (χ1v) is 9.19. The number of ether oxygens (including phenoxy) is 1. The second-order valence-corrected chi connectivity index (χ2v) is 7.39. The molecule has 1 fully saturated rings. The lowest BCUT2D eigenvalue weighted by molar-refractivity contribution is -0.119. The van der Waals surface area contributed by atoms with E-state index in [2.05, 4.69) is 4.72 Å². The molecule has 0 aromatic heterocycles. The summed E-state index contributed by atoms with van der Waals surface area (Å²) in [6, 6.07) is 12.3. The van der Waals surface area contributed by atoms with Gasteiger partial charge in [-0.2, -0.15) is 0 Å². The maximum absolute atomic E-state index is 12.3. The van der Waals surface area contributed by atoms with Gasteiger partial charge in [0.25, 0.3) is 10.0 Å². The van der Waals surface area contributed by atoms with Crippen molar-refractivity contribution in [3.8, 4) is 0 Å². The number of carbonyl (C=O) groups is 1. The third-order valence-corrected chi connectivity index (χ3v) is 5.37. The van der Waals surface area contributed by atoms with E-state index in [9.17, 15) is 13.2 Å². The number of fused-ring (bicyclic) bond motifs is 1. The van der Waals surface area contributed by atoms with Crippen molar-refractivity contribution in [3.63, 3.8) is 0 Å². The van der Waals surface area contributed by atoms with Gasteiger partial charge in [0, 0.05) is 13.0 Å². The number of nitrogens with one attached hydrogen (secondary N) is 1. The van der Waals surface area contributed by atoms with Crippen molar-refractivity contribution in [2.45, 2.75) is 36.7 Å². The first-order valence-electron chi connectivity index (χ1n) is 7.71. The number of hydrogen-bond acceptors (Lipinski definition) is 4. The van der Waals surface area contributed by atoms with E-state index in [-0.39, 0.29) is 17.4 Å². The van der Waals surface area contributed by atoms with Crippen LogP contribution in [0.15, 0.2) is 47.4 Å². The molecule has 6 heteroatoms. The Labute approximate surface area is 135 Å². The van der Waals surface area contributed by atoms with Crippen LogP contribution in [0, 0.1) is 0 Å². The van der Waals surface area contributed by atoms with Gasteiger partial charge in [0.05, 0.1) is 11.0 Å². The third kappa shape index (κ3) is 3.89. The summed E-state index contributed by atoms with van der Waals surface area (Å²) in [4.78, 5) is 12.0. The number of benzene rings is 2. The van der Waals surface area contributed by atoms with Crippen molar-refractivity contribution in [2.75, 3.05) is 6.61 Å². The molecule has 1 aliphatic heterocycles. The van der Waals surface area contributed by atoms with E-state index in [1.807, 2.05) is 24.3 Å². The molecule has 0 radical (unpaired) electrons. The minimum absolute atomic E-state index is 0.0733. The van der Waals surface area contributed by atoms with Crippen LogP contribution in [0.3, 0.4) is 0 Å². The van der Waals surface area contributed by atoms with Crippen molar-refractivity contribution in [1.29, 1.82) is 0 Å². The molecule has 0 saturated carbocycles. The molecule has 1 N–H and O–H groups in total. The number of amides is 1. The van der Waals surface area contributed by atoms with Crippen LogP contribution in [0.1, 0.15) is 25.7 Å². The summed E-state index contributed by atoms with van der Waals surface area (Å²) in [5.41, 5.74) is 0. The average molecular weight is 333 g/mol. The first-order chi connectivity index (χ1) is 11.0. The Morgan fingerprint density at radius 3 is 2.70 bits per heavy atom. The lowest BCUT2D eigenvalue weighted by atomic mass is 10.1. The third-order valence-electron chi connectivity index (χ3n) is 4.00.